The average molecular weight is 450 g/mol. The van der Waals surface area contributed by atoms with Crippen LogP contribution in [0.3, 0.4) is 0 Å². The van der Waals surface area contributed by atoms with Gasteiger partial charge in [0, 0.05) is 24.2 Å². The van der Waals surface area contributed by atoms with Gasteiger partial charge in [-0.2, -0.15) is 4.31 Å². The highest BCUT2D eigenvalue weighted by Crippen LogP contribution is 2.37. The summed E-state index contributed by atoms with van der Waals surface area (Å²) in [6, 6.07) is 3.37. The first kappa shape index (κ1) is 20.5. The Balaban J connectivity index is 1.54. The molecule has 4 heterocycles. The summed E-state index contributed by atoms with van der Waals surface area (Å²) in [5.41, 5.74) is 7.32. The predicted octanol–water partition coefficient (Wildman–Crippen LogP) is 3.92. The fourth-order valence-electron chi connectivity index (χ4n) is 3.38. The second-order valence-corrected chi connectivity index (χ2v) is 11.6. The number of hydrogen-bond donors (Lipinski definition) is 1. The zero-order valence-electron chi connectivity index (χ0n) is 16.5. The molecule has 0 aromatic carbocycles. The average Bonchev–Trinajstić information content (AvgIpc) is 3.32. The molecule has 0 amide bonds. The standard InChI is InChI=1S/C19H23N5O2S3/c1-11-12(2)28-19-16(11)17(20)22-18(23-19)13(3)27-15-7-6-14(10-21-15)29(25,26)24-8-4-5-9-24/h6-7,10,13H,4-5,8-9H2,1-3H3,(H2,20,22,23). The van der Waals surface area contributed by atoms with E-state index in [9.17, 15) is 8.42 Å². The largest absolute Gasteiger partial charge is 0.383 e. The molecule has 1 aliphatic rings. The Morgan fingerprint density at radius 1 is 1.21 bits per heavy atom. The van der Waals surface area contributed by atoms with Gasteiger partial charge < -0.3 is 5.73 Å². The molecular formula is C19H23N5O2S3. The molecular weight excluding hydrogens is 426 g/mol. The van der Waals surface area contributed by atoms with Crippen LogP contribution in [-0.2, 0) is 10.0 Å². The van der Waals surface area contributed by atoms with Gasteiger partial charge in [0.1, 0.15) is 21.4 Å². The van der Waals surface area contributed by atoms with Crippen molar-refractivity contribution in [1.82, 2.24) is 19.3 Å². The monoisotopic (exact) mass is 449 g/mol. The molecule has 0 aliphatic carbocycles. The van der Waals surface area contributed by atoms with Crippen molar-refractivity contribution in [3.8, 4) is 0 Å². The highest BCUT2D eigenvalue weighted by Gasteiger charge is 2.27. The molecule has 3 aromatic heterocycles. The van der Waals surface area contributed by atoms with Crippen LogP contribution < -0.4 is 5.73 Å². The number of thioether (sulfide) groups is 1. The van der Waals surface area contributed by atoms with Crippen LogP contribution in [0.1, 0.15) is 41.3 Å². The van der Waals surface area contributed by atoms with Gasteiger partial charge in [0.25, 0.3) is 0 Å². The third-order valence-electron chi connectivity index (χ3n) is 5.15. The molecule has 3 aromatic rings. The Bertz CT molecular complexity index is 1150. The number of thiophene rings is 1. The Morgan fingerprint density at radius 3 is 2.59 bits per heavy atom. The van der Waals surface area contributed by atoms with E-state index < -0.39 is 10.0 Å². The summed E-state index contributed by atoms with van der Waals surface area (Å²) in [5.74, 6) is 1.15. The topological polar surface area (TPSA) is 102 Å². The van der Waals surface area contributed by atoms with Crippen LogP contribution in [0.4, 0.5) is 5.82 Å². The van der Waals surface area contributed by atoms with E-state index in [-0.39, 0.29) is 10.1 Å². The lowest BCUT2D eigenvalue weighted by molar-refractivity contribution is 0.477. The number of nitrogen functional groups attached to an aromatic ring is 1. The summed E-state index contributed by atoms with van der Waals surface area (Å²) in [6.07, 6.45) is 3.26. The van der Waals surface area contributed by atoms with Gasteiger partial charge in [-0.1, -0.05) is 11.8 Å². The maximum absolute atomic E-state index is 12.6. The van der Waals surface area contributed by atoms with E-state index in [1.165, 1.54) is 27.1 Å². The molecule has 2 N–H and O–H groups in total. The maximum atomic E-state index is 12.6. The number of pyridine rings is 1. The minimum atomic E-state index is -3.45. The van der Waals surface area contributed by atoms with Gasteiger partial charge in [0.2, 0.25) is 10.0 Å². The SMILES string of the molecule is Cc1sc2nc(C(C)Sc3ccc(S(=O)(=O)N4CCCC4)cn3)nc(N)c2c1C. The van der Waals surface area contributed by atoms with Gasteiger partial charge >= 0.3 is 0 Å². The van der Waals surface area contributed by atoms with E-state index in [0.29, 0.717) is 24.7 Å². The highest BCUT2D eigenvalue weighted by atomic mass is 32.2. The smallest absolute Gasteiger partial charge is 0.244 e. The molecule has 1 fully saturated rings. The minimum absolute atomic E-state index is 0.0713. The maximum Gasteiger partial charge on any atom is 0.244 e. The number of nitrogens with two attached hydrogens (primary N) is 1. The van der Waals surface area contributed by atoms with Crippen molar-refractivity contribution >= 4 is 49.2 Å². The number of hydrogen-bond acceptors (Lipinski definition) is 8. The summed E-state index contributed by atoms with van der Waals surface area (Å²) in [4.78, 5) is 15.9. The molecule has 0 saturated carbocycles. The van der Waals surface area contributed by atoms with Crippen molar-refractivity contribution in [2.75, 3.05) is 18.8 Å². The van der Waals surface area contributed by atoms with Crippen LogP contribution in [0.2, 0.25) is 0 Å². The van der Waals surface area contributed by atoms with E-state index in [4.69, 9.17) is 10.7 Å². The van der Waals surface area contributed by atoms with E-state index in [2.05, 4.69) is 16.9 Å². The zero-order chi connectivity index (χ0) is 20.8. The van der Waals surface area contributed by atoms with Gasteiger partial charge in [0.15, 0.2) is 0 Å². The summed E-state index contributed by atoms with van der Waals surface area (Å²) in [5, 5.41) is 1.58. The molecule has 4 rings (SSSR count). The quantitative estimate of drug-likeness (QED) is 0.589. The number of aryl methyl sites for hydroxylation is 2. The van der Waals surface area contributed by atoms with Crippen molar-refractivity contribution in [3.63, 3.8) is 0 Å². The third kappa shape index (κ3) is 3.86. The van der Waals surface area contributed by atoms with Crippen molar-refractivity contribution in [1.29, 1.82) is 0 Å². The Hall–Kier alpha value is -1.75. The molecule has 29 heavy (non-hydrogen) atoms. The Labute approximate surface area is 178 Å². The Kier molecular flexibility index (Phi) is 5.54. The summed E-state index contributed by atoms with van der Waals surface area (Å²) < 4.78 is 26.8. The molecule has 10 heteroatoms. The first-order valence-corrected chi connectivity index (χ1v) is 12.6. The van der Waals surface area contributed by atoms with Crippen molar-refractivity contribution in [2.24, 2.45) is 0 Å². The number of rotatable bonds is 5. The highest BCUT2D eigenvalue weighted by molar-refractivity contribution is 7.99. The van der Waals surface area contributed by atoms with Crippen LogP contribution in [0.5, 0.6) is 0 Å². The van der Waals surface area contributed by atoms with E-state index in [0.717, 1.165) is 33.6 Å². The van der Waals surface area contributed by atoms with Gasteiger partial charge in [0.05, 0.1) is 15.7 Å². The molecule has 0 spiro atoms. The predicted molar refractivity (Wildman–Crippen MR) is 118 cm³/mol. The Morgan fingerprint density at radius 2 is 1.93 bits per heavy atom. The second-order valence-electron chi connectivity index (χ2n) is 7.13. The van der Waals surface area contributed by atoms with Gasteiger partial charge in [-0.25, -0.2) is 23.4 Å². The number of aromatic nitrogens is 3. The lowest BCUT2D eigenvalue weighted by atomic mass is 10.2. The fraction of sp³-hybridized carbons (Fsp3) is 0.421. The number of fused-ring (bicyclic) bond motifs is 1. The van der Waals surface area contributed by atoms with Gasteiger partial charge in [-0.3, -0.25) is 0 Å². The zero-order valence-corrected chi connectivity index (χ0v) is 19.0. The van der Waals surface area contributed by atoms with Crippen molar-refractivity contribution < 1.29 is 8.42 Å². The van der Waals surface area contributed by atoms with Crippen LogP contribution in [0, 0.1) is 13.8 Å². The molecule has 154 valence electrons. The molecule has 1 atom stereocenters. The van der Waals surface area contributed by atoms with Crippen LogP contribution in [0.15, 0.2) is 28.3 Å². The van der Waals surface area contributed by atoms with Crippen LogP contribution in [-0.4, -0.2) is 40.8 Å². The number of sulfonamides is 1. The normalized spacial score (nSPS) is 16.5. The fourth-order valence-corrected chi connectivity index (χ4v) is 6.72. The minimum Gasteiger partial charge on any atom is -0.383 e. The summed E-state index contributed by atoms with van der Waals surface area (Å²) >= 11 is 3.10. The second kappa shape index (κ2) is 7.82. The number of nitrogens with zero attached hydrogens (tertiary/aromatic N) is 4. The van der Waals surface area contributed by atoms with Gasteiger partial charge in [-0.15, -0.1) is 11.3 Å². The molecule has 1 aliphatic heterocycles. The number of anilines is 1. The molecule has 0 radical (unpaired) electrons. The molecule has 1 saturated heterocycles. The van der Waals surface area contributed by atoms with Crippen LogP contribution >= 0.6 is 23.1 Å². The molecule has 0 bridgehead atoms. The van der Waals surface area contributed by atoms with E-state index in [1.807, 2.05) is 13.8 Å². The van der Waals surface area contributed by atoms with Crippen molar-refractivity contribution in [2.45, 2.75) is 48.8 Å². The van der Waals surface area contributed by atoms with Crippen LogP contribution in [0.25, 0.3) is 10.2 Å². The summed E-state index contributed by atoms with van der Waals surface area (Å²) in [6.45, 7) is 7.25. The van der Waals surface area contributed by atoms with Gasteiger partial charge in [-0.05, 0) is 51.3 Å². The lowest BCUT2D eigenvalue weighted by Gasteiger charge is -2.15. The lowest BCUT2D eigenvalue weighted by Crippen LogP contribution is -2.27. The van der Waals surface area contributed by atoms with Crippen molar-refractivity contribution in [3.05, 3.63) is 34.6 Å². The third-order valence-corrected chi connectivity index (χ3v) is 9.18. The first-order valence-electron chi connectivity index (χ1n) is 9.43. The van der Waals surface area contributed by atoms with E-state index >= 15 is 0 Å². The van der Waals surface area contributed by atoms with E-state index in [1.54, 1.807) is 23.5 Å². The first-order chi connectivity index (χ1) is 13.8. The molecule has 7 nitrogen and oxygen atoms in total. The summed E-state index contributed by atoms with van der Waals surface area (Å²) in [7, 11) is -3.45. The molecule has 1 unspecified atom stereocenters.